The first-order valence-electron chi connectivity index (χ1n) is 16.5. The van der Waals surface area contributed by atoms with Gasteiger partial charge in [0.25, 0.3) is 11.8 Å². The fourth-order valence-corrected chi connectivity index (χ4v) is 19.7. The smallest absolute Gasteiger partial charge is 0.377 e. The van der Waals surface area contributed by atoms with E-state index in [1.165, 1.54) is 56.7 Å². The minimum atomic E-state index is -2.20. The molecular formula is C33H57NO8Sn. The second-order valence-corrected chi connectivity index (χ2v) is 24.9. The average Bonchev–Trinajstić information content (AvgIpc) is 3.27. The molecule has 0 aromatic heterocycles. The molecular weight excluding hydrogens is 657 g/mol. The molecule has 1 heterocycles. The van der Waals surface area contributed by atoms with Gasteiger partial charge in [-0.1, -0.05) is 12.1 Å². The van der Waals surface area contributed by atoms with Gasteiger partial charge in [0.15, 0.2) is 0 Å². The Kier molecular flexibility index (Phi) is 21.4. The summed E-state index contributed by atoms with van der Waals surface area (Å²) in [5, 5.41) is 0. The van der Waals surface area contributed by atoms with Crippen molar-refractivity contribution < 1.29 is 38.0 Å². The Morgan fingerprint density at radius 2 is 0.884 bits per heavy atom. The number of benzene rings is 1. The third-order valence-electron chi connectivity index (χ3n) is 7.79. The molecule has 1 aliphatic heterocycles. The van der Waals surface area contributed by atoms with Crippen molar-refractivity contribution in [2.24, 2.45) is 0 Å². The normalized spacial score (nSPS) is 13.3. The summed E-state index contributed by atoms with van der Waals surface area (Å²) >= 11 is -2.20. The Balaban J connectivity index is 1.36. The number of unbranched alkanes of at least 4 members (excludes halogenated alkanes) is 3. The number of amides is 2. The Labute approximate surface area is 264 Å². The van der Waals surface area contributed by atoms with Gasteiger partial charge in [0.1, 0.15) is 0 Å². The zero-order valence-electron chi connectivity index (χ0n) is 27.1. The van der Waals surface area contributed by atoms with Crippen LogP contribution < -0.4 is 0 Å². The zero-order chi connectivity index (χ0) is 31.0. The molecule has 2 amide bonds. The van der Waals surface area contributed by atoms with Gasteiger partial charge >= 0.3 is 161 Å². The number of carbonyl (C=O) groups excluding carboxylic acids is 2. The first kappa shape index (κ1) is 38.1. The number of rotatable bonds is 29. The van der Waals surface area contributed by atoms with Crippen LogP contribution in [-0.2, 0) is 28.4 Å². The zero-order valence-corrected chi connectivity index (χ0v) is 29.9. The molecule has 0 unspecified atom stereocenters. The van der Waals surface area contributed by atoms with Crippen LogP contribution in [0.5, 0.6) is 0 Å². The van der Waals surface area contributed by atoms with Crippen molar-refractivity contribution in [2.45, 2.75) is 72.6 Å². The number of ether oxygens (including phenoxy) is 6. The second kappa shape index (κ2) is 24.2. The van der Waals surface area contributed by atoms with Gasteiger partial charge in [-0.2, -0.15) is 0 Å². The van der Waals surface area contributed by atoms with E-state index in [1.54, 1.807) is 24.3 Å². The molecule has 1 aromatic carbocycles. The van der Waals surface area contributed by atoms with Crippen molar-refractivity contribution in [3.8, 4) is 0 Å². The van der Waals surface area contributed by atoms with Crippen LogP contribution in [0.2, 0.25) is 13.3 Å². The summed E-state index contributed by atoms with van der Waals surface area (Å²) in [7, 11) is 0. The molecule has 1 aliphatic rings. The quantitative estimate of drug-likeness (QED) is 0.0587. The van der Waals surface area contributed by atoms with E-state index in [4.69, 9.17) is 28.4 Å². The first-order valence-corrected chi connectivity index (χ1v) is 24.6. The van der Waals surface area contributed by atoms with E-state index < -0.39 is 18.4 Å². The molecule has 0 radical (unpaired) electrons. The van der Waals surface area contributed by atoms with Gasteiger partial charge in [-0.25, -0.2) is 0 Å². The predicted octanol–water partition coefficient (Wildman–Crippen LogP) is 5.77. The molecule has 0 saturated heterocycles. The summed E-state index contributed by atoms with van der Waals surface area (Å²) < 4.78 is 39.5. The van der Waals surface area contributed by atoms with Crippen LogP contribution in [0.4, 0.5) is 0 Å². The van der Waals surface area contributed by atoms with Crippen molar-refractivity contribution in [3.63, 3.8) is 0 Å². The number of hydrogen-bond donors (Lipinski definition) is 0. The molecule has 0 aliphatic carbocycles. The number of fused-ring (bicyclic) bond motifs is 1. The average molecular weight is 715 g/mol. The Hall–Kier alpha value is -1.08. The van der Waals surface area contributed by atoms with Crippen LogP contribution in [-0.4, -0.2) is 119 Å². The molecule has 9 nitrogen and oxygen atoms in total. The molecule has 246 valence electrons. The number of carbonyl (C=O) groups is 2. The van der Waals surface area contributed by atoms with Crippen LogP contribution >= 0.6 is 0 Å². The van der Waals surface area contributed by atoms with Crippen LogP contribution in [0, 0.1) is 0 Å². The van der Waals surface area contributed by atoms with Crippen LogP contribution in [0.15, 0.2) is 24.3 Å². The Morgan fingerprint density at radius 3 is 1.26 bits per heavy atom. The van der Waals surface area contributed by atoms with Crippen LogP contribution in [0.3, 0.4) is 0 Å². The molecule has 0 spiro atoms. The van der Waals surface area contributed by atoms with Crippen molar-refractivity contribution in [1.29, 1.82) is 0 Å². The van der Waals surface area contributed by atoms with Gasteiger partial charge in [-0.05, 0) is 12.1 Å². The fraction of sp³-hybridized carbons (Fsp3) is 0.758. The van der Waals surface area contributed by atoms with Crippen molar-refractivity contribution >= 4 is 30.2 Å². The fourth-order valence-electron chi connectivity index (χ4n) is 5.23. The molecule has 0 N–H and O–H groups in total. The summed E-state index contributed by atoms with van der Waals surface area (Å²) in [6.45, 7) is 12.6. The van der Waals surface area contributed by atoms with Crippen molar-refractivity contribution in [2.75, 3.05) is 83.8 Å². The maximum absolute atomic E-state index is 12.3. The molecule has 1 aromatic rings. The standard InChI is InChI=1S/C21H30NO8.3C4H9.Sn/c1-25-8-9-27-12-13-29-16-17-30-15-14-28-11-10-26-7-6-22-20(23)18-4-2-3-5-19(18)21(22)24;3*1-3-4-2;/h2-5H,1,6-17H2;3*1,3-4H2,2H3;. The van der Waals surface area contributed by atoms with Gasteiger partial charge in [0, 0.05) is 0 Å². The summed E-state index contributed by atoms with van der Waals surface area (Å²) in [6.07, 6.45) is 8.00. The topological polar surface area (TPSA) is 92.8 Å². The summed E-state index contributed by atoms with van der Waals surface area (Å²) in [4.78, 5) is 25.9. The third kappa shape index (κ3) is 15.2. The van der Waals surface area contributed by atoms with E-state index >= 15 is 0 Å². The van der Waals surface area contributed by atoms with E-state index in [0.717, 1.165) is 4.62 Å². The monoisotopic (exact) mass is 715 g/mol. The summed E-state index contributed by atoms with van der Waals surface area (Å²) in [5.41, 5.74) is 0.910. The Morgan fingerprint density at radius 1 is 0.535 bits per heavy atom. The van der Waals surface area contributed by atoms with Crippen LogP contribution in [0.1, 0.15) is 80.0 Å². The number of hydrogen-bond acceptors (Lipinski definition) is 8. The number of imide groups is 1. The Bertz CT molecular complexity index is 829. The van der Waals surface area contributed by atoms with Gasteiger partial charge < -0.3 is 9.47 Å². The van der Waals surface area contributed by atoms with Crippen molar-refractivity contribution in [3.05, 3.63) is 35.4 Å². The van der Waals surface area contributed by atoms with E-state index in [9.17, 15) is 9.59 Å². The van der Waals surface area contributed by atoms with E-state index in [1.807, 2.05) is 0 Å². The summed E-state index contributed by atoms with van der Waals surface area (Å²) in [6, 6.07) is 6.87. The second-order valence-electron chi connectivity index (χ2n) is 11.2. The van der Waals surface area contributed by atoms with Gasteiger partial charge in [-0.15, -0.1) is 0 Å². The summed E-state index contributed by atoms with van der Waals surface area (Å²) in [5.74, 6) is -0.527. The van der Waals surface area contributed by atoms with Crippen LogP contribution in [0.25, 0.3) is 0 Å². The molecule has 0 bridgehead atoms. The molecule has 0 fully saturated rings. The van der Waals surface area contributed by atoms with Gasteiger partial charge in [0.05, 0.1) is 44.1 Å². The maximum atomic E-state index is 12.3. The third-order valence-corrected chi connectivity index (χ3v) is 22.2. The molecule has 0 saturated carbocycles. The van der Waals surface area contributed by atoms with Gasteiger partial charge in [-0.3, -0.25) is 14.5 Å². The number of nitrogens with zero attached hydrogens (tertiary/aromatic N) is 1. The van der Waals surface area contributed by atoms with Crippen molar-refractivity contribution in [1.82, 2.24) is 4.90 Å². The first-order chi connectivity index (χ1) is 21.1. The van der Waals surface area contributed by atoms with Gasteiger partial charge in [0.2, 0.25) is 0 Å². The van der Waals surface area contributed by atoms with E-state index in [2.05, 4.69) is 20.8 Å². The minimum absolute atomic E-state index is 0.231. The predicted molar refractivity (Wildman–Crippen MR) is 172 cm³/mol. The van der Waals surface area contributed by atoms with E-state index in [0.29, 0.717) is 77.2 Å². The molecule has 0 atom stereocenters. The molecule has 2 rings (SSSR count). The minimum Gasteiger partial charge on any atom is -0.377 e. The molecule has 10 heteroatoms. The SMILES string of the molecule is CCC[CH2][Sn]([CH2]CCC)([CH2]CCC)[CH2]OCCOCCOCCOCCOCCOCCN1C(=O)c2ccccc2C1=O. The molecule has 43 heavy (non-hydrogen) atoms. The van der Waals surface area contributed by atoms with E-state index in [-0.39, 0.29) is 25.0 Å².